The van der Waals surface area contributed by atoms with E-state index >= 15 is 0 Å². The molecule has 1 unspecified atom stereocenters. The van der Waals surface area contributed by atoms with Gasteiger partial charge in [0.2, 0.25) is 17.7 Å². The van der Waals surface area contributed by atoms with Crippen molar-refractivity contribution < 1.29 is 70.9 Å². The van der Waals surface area contributed by atoms with Gasteiger partial charge in [0.1, 0.15) is 37.2 Å². The topological polar surface area (TPSA) is 316 Å². The number of nitrogens with zero attached hydrogens (tertiary/aromatic N) is 5. The van der Waals surface area contributed by atoms with E-state index in [2.05, 4.69) is 41.3 Å². The summed E-state index contributed by atoms with van der Waals surface area (Å²) < 4.78 is 58.9. The van der Waals surface area contributed by atoms with E-state index in [0.717, 1.165) is 33.4 Å². The third kappa shape index (κ3) is 15.7. The average Bonchev–Trinajstić information content (AvgIpc) is 1.69. The first kappa shape index (κ1) is 65.2. The minimum Gasteiger partial charge on any atom is -0.472 e. The van der Waals surface area contributed by atoms with E-state index in [4.69, 9.17) is 43.2 Å². The summed E-state index contributed by atoms with van der Waals surface area (Å²) in [6.45, 7) is 13.2. The highest BCUT2D eigenvalue weighted by molar-refractivity contribution is 7.47. The number of urea groups is 1. The molecule has 25 nitrogen and oxygen atoms in total. The summed E-state index contributed by atoms with van der Waals surface area (Å²) >= 11 is 0. The quantitative estimate of drug-likeness (QED) is 0.0187. The largest absolute Gasteiger partial charge is 0.475 e. The summed E-state index contributed by atoms with van der Waals surface area (Å²) in [4.78, 5) is 86.3. The normalized spacial score (nSPS) is 18.2. The van der Waals surface area contributed by atoms with Crippen LogP contribution in [-0.4, -0.2) is 126 Å². The van der Waals surface area contributed by atoms with Crippen molar-refractivity contribution >= 4 is 55.0 Å². The molecule has 2 aromatic heterocycles. The number of hydrogen-bond acceptors (Lipinski definition) is 18. The number of fused-ring (bicyclic) bond motifs is 6. The summed E-state index contributed by atoms with van der Waals surface area (Å²) in [5, 5.41) is 20.1. The first-order valence-electron chi connectivity index (χ1n) is 30.3. The third-order valence-corrected chi connectivity index (χ3v) is 17.4. The molecular weight excluding hydrogens is 1190 g/mol. The molecule has 3 aliphatic heterocycles. The predicted octanol–water partition coefficient (Wildman–Crippen LogP) is 9.56. The van der Waals surface area contributed by atoms with Crippen molar-refractivity contribution in [1.29, 1.82) is 0 Å². The number of nitrogens with two attached hydrogens (primary N) is 1. The Morgan fingerprint density at radius 3 is 2.21 bits per heavy atom. The highest BCUT2D eigenvalue weighted by atomic mass is 31.2. The number of benzene rings is 4. The zero-order valence-corrected chi connectivity index (χ0v) is 52.7. The number of aryl methyl sites for hydroxylation is 1. The van der Waals surface area contributed by atoms with Crippen molar-refractivity contribution in [1.82, 2.24) is 31.1 Å². The monoisotopic (exact) mass is 1270 g/mol. The van der Waals surface area contributed by atoms with Gasteiger partial charge in [0.15, 0.2) is 18.9 Å². The lowest BCUT2D eigenvalue weighted by atomic mass is 9.89. The van der Waals surface area contributed by atoms with E-state index in [-0.39, 0.29) is 56.6 Å². The van der Waals surface area contributed by atoms with Crippen molar-refractivity contribution in [2.45, 2.75) is 122 Å². The van der Waals surface area contributed by atoms with E-state index in [9.17, 15) is 33.4 Å². The minimum atomic E-state index is -4.49. The number of alkyl carbamates (subject to hydrolysis) is 1. The van der Waals surface area contributed by atoms with Crippen molar-refractivity contribution in [2.24, 2.45) is 11.7 Å². The van der Waals surface area contributed by atoms with E-state index in [0.29, 0.717) is 66.7 Å². The smallest absolute Gasteiger partial charge is 0.472 e. The van der Waals surface area contributed by atoms with Crippen LogP contribution in [0.2, 0.25) is 0 Å². The predicted molar refractivity (Wildman–Crippen MR) is 336 cm³/mol. The molecule has 482 valence electrons. The molecular formula is C65H77N10O15P. The van der Waals surface area contributed by atoms with Crippen molar-refractivity contribution in [3.63, 3.8) is 0 Å². The van der Waals surface area contributed by atoms with E-state index in [1.54, 1.807) is 89.3 Å². The zero-order chi connectivity index (χ0) is 64.6. The van der Waals surface area contributed by atoms with Crippen LogP contribution in [0.1, 0.15) is 107 Å². The Kier molecular flexibility index (Phi) is 20.2. The number of phosphoric ester groups is 1. The Balaban J connectivity index is 0.818. The van der Waals surface area contributed by atoms with Gasteiger partial charge in [-0.1, -0.05) is 93.6 Å². The fraction of sp³-hybridized carbons (Fsp3) is 0.415. The Morgan fingerprint density at radius 2 is 1.55 bits per heavy atom. The SMILES string of the molecule is CC[C@@]12C[C@@H](Oc3ncc(C4OCCO4)cc3C)CN1c1cc(-c3ccccc3OCOP(=O)(O)OC(C)(C)C)nnc1N(C(=O)OCc1ccc(NC(=O)[C@H](CCCNC(N)=O)NC(=O)[C@@H](NC(=O)OCC3c4ccccc4-c4ccccc43)C(C)C)cc1)C2. The minimum absolute atomic E-state index is 0.0383. The molecule has 26 heteroatoms. The third-order valence-electron chi connectivity index (χ3n) is 16.2. The van der Waals surface area contributed by atoms with Crippen LogP contribution in [0, 0.1) is 12.8 Å². The van der Waals surface area contributed by atoms with Crippen molar-refractivity contribution in [2.75, 3.05) is 61.4 Å². The number of carbonyl (C=O) groups excluding carboxylic acids is 5. The number of primary amides is 1. The molecule has 4 aromatic carbocycles. The first-order valence-corrected chi connectivity index (χ1v) is 31.8. The molecule has 4 aliphatic rings. The van der Waals surface area contributed by atoms with Crippen LogP contribution in [0.3, 0.4) is 0 Å². The van der Waals surface area contributed by atoms with E-state index in [1.807, 2.05) is 74.5 Å². The van der Waals surface area contributed by atoms with Gasteiger partial charge >= 0.3 is 26.0 Å². The lowest BCUT2D eigenvalue weighted by Gasteiger charge is -2.46. The Labute approximate surface area is 527 Å². The number of carbonyl (C=O) groups is 5. The number of aromatic nitrogens is 3. The second-order valence-corrected chi connectivity index (χ2v) is 25.5. The van der Waals surface area contributed by atoms with Crippen LogP contribution in [0.5, 0.6) is 11.6 Å². The molecule has 2 saturated heterocycles. The number of nitrogens with one attached hydrogen (secondary N) is 4. The summed E-state index contributed by atoms with van der Waals surface area (Å²) in [7, 11) is -4.49. The number of anilines is 3. The molecule has 6 aromatic rings. The summed E-state index contributed by atoms with van der Waals surface area (Å²) in [5.41, 5.74) is 11.8. The molecule has 5 atom stereocenters. The molecule has 1 aliphatic carbocycles. The van der Waals surface area contributed by atoms with Crippen LogP contribution in [0.4, 0.5) is 31.6 Å². The van der Waals surface area contributed by atoms with Gasteiger partial charge in [-0.3, -0.25) is 19.0 Å². The standard InChI is InChI=1S/C65H77N10O15P/c1-8-65-32-44(89-59-40(4)30-42(33-68-59)60-83-28-29-84-60)34-75(65)53-31-52(49-20-13-14-22-54(49)87-38-88-91(81,82)90-64(5,6)7)72-73-56(53)74(37-65)63(80)86-35-41-23-25-43(26-24-41)69-57(76)51(21-15-27-67-61(66)78)70-58(77)55(39(2)3)71-62(79)85-36-50-47-18-11-9-16-45(47)46-17-10-12-19-48(46)50/h9-14,16-20,22-26,30-31,33,39,44,50-51,55,60H,8,15,21,27-29,32,34-38H2,1-7H3,(H,69,76)(H,70,77)(H,71,79)(H,81,82)(H3,66,67,78)/t44-,51+,55+,65+/m1/s1. The van der Waals surface area contributed by atoms with Crippen LogP contribution >= 0.6 is 7.82 Å². The highest BCUT2D eigenvalue weighted by Crippen LogP contribution is 2.50. The molecule has 0 spiro atoms. The van der Waals surface area contributed by atoms with Gasteiger partial charge in [0.25, 0.3) is 0 Å². The molecule has 5 heterocycles. The van der Waals surface area contributed by atoms with E-state index in [1.165, 1.54) is 4.90 Å². The zero-order valence-electron chi connectivity index (χ0n) is 51.8. The maximum Gasteiger partial charge on any atom is 0.475 e. The summed E-state index contributed by atoms with van der Waals surface area (Å²) in [5.74, 6) is -0.851. The lowest BCUT2D eigenvalue weighted by Crippen LogP contribution is -2.57. The number of rotatable bonds is 24. The van der Waals surface area contributed by atoms with Gasteiger partial charge < -0.3 is 65.2 Å². The average molecular weight is 1270 g/mol. The number of hydrogen-bond donors (Lipinski definition) is 6. The Morgan fingerprint density at radius 1 is 0.868 bits per heavy atom. The summed E-state index contributed by atoms with van der Waals surface area (Å²) in [6.07, 6.45) is 0.706. The number of phosphoric acid groups is 1. The molecule has 10 rings (SSSR count). The fourth-order valence-corrected chi connectivity index (χ4v) is 12.7. The molecule has 2 fully saturated rings. The molecule has 0 radical (unpaired) electrons. The van der Waals surface area contributed by atoms with Gasteiger partial charge in [-0.25, -0.2) is 28.5 Å². The molecule has 0 saturated carbocycles. The van der Waals surface area contributed by atoms with Crippen LogP contribution in [-0.2, 0) is 48.8 Å². The maximum absolute atomic E-state index is 14.6. The van der Waals surface area contributed by atoms with Gasteiger partial charge in [-0.2, -0.15) is 0 Å². The van der Waals surface area contributed by atoms with Gasteiger partial charge in [0.05, 0.1) is 48.8 Å². The van der Waals surface area contributed by atoms with Crippen LogP contribution in [0.25, 0.3) is 22.4 Å². The summed E-state index contributed by atoms with van der Waals surface area (Å²) in [6, 6.07) is 30.3. The number of amides is 6. The number of ether oxygens (including phenoxy) is 6. The second-order valence-electron chi connectivity index (χ2n) is 24.1. The number of pyridine rings is 1. The van der Waals surface area contributed by atoms with Crippen molar-refractivity contribution in [3.8, 4) is 34.0 Å². The fourth-order valence-electron chi connectivity index (χ4n) is 11.8. The molecule has 0 bridgehead atoms. The molecule has 6 amide bonds. The molecule has 91 heavy (non-hydrogen) atoms. The maximum atomic E-state index is 14.6. The number of para-hydroxylation sites is 1. The van der Waals surface area contributed by atoms with Crippen LogP contribution < -0.4 is 46.3 Å². The van der Waals surface area contributed by atoms with Crippen LogP contribution in [0.15, 0.2) is 115 Å². The lowest BCUT2D eigenvalue weighted by molar-refractivity contribution is -0.128. The van der Waals surface area contributed by atoms with Gasteiger partial charge in [0, 0.05) is 47.5 Å². The Hall–Kier alpha value is -8.71. The highest BCUT2D eigenvalue weighted by Gasteiger charge is 2.53. The van der Waals surface area contributed by atoms with E-state index < -0.39 is 86.2 Å². The van der Waals surface area contributed by atoms with Gasteiger partial charge in [-0.05, 0) is 117 Å². The van der Waals surface area contributed by atoms with Crippen molar-refractivity contribution in [3.05, 3.63) is 143 Å². The van der Waals surface area contributed by atoms with Gasteiger partial charge in [-0.15, -0.1) is 10.2 Å². The Bertz CT molecular complexity index is 3630. The second kappa shape index (κ2) is 28.2. The first-order chi connectivity index (χ1) is 43.6. The molecule has 7 N–H and O–H groups in total.